The first kappa shape index (κ1) is 55.9. The Morgan fingerprint density at radius 2 is 1.09 bits per heavy atom. The van der Waals surface area contributed by atoms with Crippen LogP contribution in [0.5, 0.6) is 0 Å². The van der Waals surface area contributed by atoms with Crippen LogP contribution in [0.2, 0.25) is 0 Å². The maximum absolute atomic E-state index is 13.4. The number of hydroxylamine groups is 3. The molecule has 0 aromatic rings. The molecule has 12 nitrogen and oxygen atoms in total. The van der Waals surface area contributed by atoms with Gasteiger partial charge in [0.1, 0.15) is 6.04 Å². The molecule has 0 fully saturated rings. The van der Waals surface area contributed by atoms with Crippen molar-refractivity contribution in [3.8, 4) is 0 Å². The number of nitrogens with one attached hydrogen (secondary N) is 4. The second-order valence-electron chi connectivity index (χ2n) is 18.2. The van der Waals surface area contributed by atoms with E-state index in [0.717, 1.165) is 25.7 Å². The van der Waals surface area contributed by atoms with E-state index < -0.39 is 29.2 Å². The fourth-order valence-electron chi connectivity index (χ4n) is 6.60. The number of ether oxygens (including phenoxy) is 2. The van der Waals surface area contributed by atoms with E-state index in [1.807, 2.05) is 41.5 Å². The molecule has 0 spiro atoms. The molecule has 0 aliphatic heterocycles. The summed E-state index contributed by atoms with van der Waals surface area (Å²) < 4.78 is 12.3. The van der Waals surface area contributed by atoms with Crippen molar-refractivity contribution < 1.29 is 33.8 Å². The summed E-state index contributed by atoms with van der Waals surface area (Å²) in [5, 5.41) is 24.7. The van der Waals surface area contributed by atoms with Gasteiger partial charge in [-0.25, -0.2) is 15.3 Å². The molecule has 12 heteroatoms. The van der Waals surface area contributed by atoms with Crippen LogP contribution in [0.25, 0.3) is 0 Å². The predicted octanol–water partition coefficient (Wildman–Crippen LogP) is 11.6. The van der Waals surface area contributed by atoms with Gasteiger partial charge in [0.2, 0.25) is 11.9 Å². The number of carboxylic acid groups (broad SMARTS) is 1. The number of carbonyl (C=O) groups is 2. The van der Waals surface area contributed by atoms with Gasteiger partial charge in [0.15, 0.2) is 0 Å². The summed E-state index contributed by atoms with van der Waals surface area (Å²) in [7, 11) is 0. The van der Waals surface area contributed by atoms with Crippen molar-refractivity contribution in [1.82, 2.24) is 21.2 Å². The molecule has 0 rings (SSSR count). The van der Waals surface area contributed by atoms with Crippen LogP contribution in [0, 0.1) is 5.41 Å². The van der Waals surface area contributed by atoms with Crippen molar-refractivity contribution in [2.75, 3.05) is 32.9 Å². The largest absolute Gasteiger partial charge is 0.465 e. The number of rotatable bonds is 39. The zero-order chi connectivity index (χ0) is 43.3. The van der Waals surface area contributed by atoms with Crippen molar-refractivity contribution in [2.45, 2.75) is 246 Å². The SMILES string of the molecule is CCCCCCCCCCCCCCOCC(CNC(=O)[C@H](CCCN(OC(C)(C)C)C(=N)NOC(C)(C)C)NC(=O)O)OCCCCCCCCCCCCCC. The molecule has 0 aliphatic carbocycles. The Hall–Kier alpha value is -2.15. The van der Waals surface area contributed by atoms with Crippen LogP contribution in [0.15, 0.2) is 0 Å². The van der Waals surface area contributed by atoms with E-state index in [1.54, 1.807) is 0 Å². The number of hydrogen-bond donors (Lipinski definition) is 5. The van der Waals surface area contributed by atoms with E-state index in [-0.39, 0.29) is 31.6 Å². The molecule has 0 saturated heterocycles. The van der Waals surface area contributed by atoms with Crippen LogP contribution in [0.3, 0.4) is 0 Å². The predicted molar refractivity (Wildman–Crippen MR) is 239 cm³/mol. The highest BCUT2D eigenvalue weighted by atomic mass is 16.7. The number of guanidine groups is 1. The van der Waals surface area contributed by atoms with E-state index in [1.165, 1.54) is 133 Å². The van der Waals surface area contributed by atoms with Crippen LogP contribution in [-0.2, 0) is 23.9 Å². The van der Waals surface area contributed by atoms with Crippen LogP contribution < -0.4 is 16.1 Å². The molecule has 5 N–H and O–H groups in total. The topological polar surface area (TPSA) is 154 Å². The fraction of sp³-hybridized carbons (Fsp3) is 0.935. The number of carbonyl (C=O) groups excluding carboxylic acids is 1. The van der Waals surface area contributed by atoms with E-state index in [4.69, 9.17) is 24.6 Å². The molecule has 2 atom stereocenters. The van der Waals surface area contributed by atoms with E-state index in [9.17, 15) is 14.7 Å². The van der Waals surface area contributed by atoms with Crippen molar-refractivity contribution in [2.24, 2.45) is 0 Å². The molecule has 1 unspecified atom stereocenters. The summed E-state index contributed by atoms with van der Waals surface area (Å²) >= 11 is 0. The molecule has 0 heterocycles. The Kier molecular flexibility index (Phi) is 35.3. The molecular formula is C46H93N5O7. The minimum absolute atomic E-state index is 0.0892. The van der Waals surface area contributed by atoms with Crippen LogP contribution in [0.1, 0.15) is 222 Å². The van der Waals surface area contributed by atoms with Gasteiger partial charge in [-0.3, -0.25) is 19.9 Å². The average molecular weight is 828 g/mol. The third-order valence-electron chi connectivity index (χ3n) is 9.86. The van der Waals surface area contributed by atoms with Crippen LogP contribution in [0.4, 0.5) is 4.79 Å². The second-order valence-corrected chi connectivity index (χ2v) is 18.2. The maximum Gasteiger partial charge on any atom is 0.405 e. The second kappa shape index (κ2) is 36.7. The first-order chi connectivity index (χ1) is 27.7. The molecule has 58 heavy (non-hydrogen) atoms. The van der Waals surface area contributed by atoms with Gasteiger partial charge < -0.3 is 25.2 Å². The molecular weight excluding hydrogens is 735 g/mol. The number of unbranched alkanes of at least 4 members (excludes halogenated alkanes) is 22. The van der Waals surface area contributed by atoms with Gasteiger partial charge in [0, 0.05) is 26.3 Å². The van der Waals surface area contributed by atoms with Crippen molar-refractivity contribution in [1.29, 1.82) is 5.41 Å². The molecule has 0 aromatic carbocycles. The Morgan fingerprint density at radius 3 is 1.52 bits per heavy atom. The molecule has 2 amide bonds. The third kappa shape index (κ3) is 38.1. The Labute approximate surface area is 356 Å². The van der Waals surface area contributed by atoms with E-state index >= 15 is 0 Å². The third-order valence-corrected chi connectivity index (χ3v) is 9.86. The van der Waals surface area contributed by atoms with Crippen LogP contribution >= 0.6 is 0 Å². The highest BCUT2D eigenvalue weighted by molar-refractivity contribution is 5.85. The minimum Gasteiger partial charge on any atom is -0.465 e. The van der Waals surface area contributed by atoms with Crippen molar-refractivity contribution in [3.05, 3.63) is 0 Å². The summed E-state index contributed by atoms with van der Waals surface area (Å²) in [4.78, 5) is 36.6. The van der Waals surface area contributed by atoms with Gasteiger partial charge in [-0.05, 0) is 67.2 Å². The highest BCUT2D eigenvalue weighted by Crippen LogP contribution is 2.15. The van der Waals surface area contributed by atoms with E-state index in [2.05, 4.69) is 30.0 Å². The normalized spacial score (nSPS) is 13.0. The quantitative estimate of drug-likeness (QED) is 0.0176. The van der Waals surface area contributed by atoms with Crippen LogP contribution in [-0.4, -0.2) is 84.4 Å². The van der Waals surface area contributed by atoms with Gasteiger partial charge in [0.05, 0.1) is 23.9 Å². The zero-order valence-electron chi connectivity index (χ0n) is 38.9. The summed E-state index contributed by atoms with van der Waals surface area (Å²) in [6, 6.07) is -0.985. The summed E-state index contributed by atoms with van der Waals surface area (Å²) in [6.07, 6.45) is 29.7. The van der Waals surface area contributed by atoms with Gasteiger partial charge >= 0.3 is 6.09 Å². The molecule has 0 radical (unpaired) electrons. The maximum atomic E-state index is 13.4. The smallest absolute Gasteiger partial charge is 0.405 e. The lowest BCUT2D eigenvalue weighted by Crippen LogP contribution is -2.50. The van der Waals surface area contributed by atoms with Gasteiger partial charge in [-0.15, -0.1) is 0 Å². The van der Waals surface area contributed by atoms with Crippen molar-refractivity contribution in [3.63, 3.8) is 0 Å². The summed E-state index contributed by atoms with van der Waals surface area (Å²) in [5.74, 6) is -0.511. The zero-order valence-corrected chi connectivity index (χ0v) is 38.9. The molecule has 0 aromatic heterocycles. The Balaban J connectivity index is 4.96. The fourth-order valence-corrected chi connectivity index (χ4v) is 6.60. The molecule has 0 aliphatic rings. The lowest BCUT2D eigenvalue weighted by Gasteiger charge is -2.32. The first-order valence-corrected chi connectivity index (χ1v) is 23.6. The van der Waals surface area contributed by atoms with Gasteiger partial charge in [-0.2, -0.15) is 0 Å². The minimum atomic E-state index is -1.28. The number of hydrogen-bond acceptors (Lipinski definition) is 7. The average Bonchev–Trinajstić information content (AvgIpc) is 3.15. The Bertz CT molecular complexity index is 988. The molecule has 0 saturated carbocycles. The van der Waals surface area contributed by atoms with Crippen molar-refractivity contribution >= 4 is 18.0 Å². The summed E-state index contributed by atoms with van der Waals surface area (Å²) in [6.45, 7) is 17.8. The number of nitrogens with zero attached hydrogens (tertiary/aromatic N) is 1. The lowest BCUT2D eigenvalue weighted by molar-refractivity contribution is -0.192. The Morgan fingerprint density at radius 1 is 0.638 bits per heavy atom. The molecule has 344 valence electrons. The van der Waals surface area contributed by atoms with E-state index in [0.29, 0.717) is 26.2 Å². The monoisotopic (exact) mass is 828 g/mol. The number of amides is 2. The first-order valence-electron chi connectivity index (χ1n) is 23.6. The standard InChI is InChI=1S/C46H93N5O7/c1-9-11-13-15-17-19-21-23-25-27-29-31-36-55-39-40(56-37-32-30-28-26-24-22-20-18-16-14-12-10-2)38-48-42(52)41(49-44(53)54)34-33-35-51(58-46(6,7)8)43(47)50-57-45(3,4)5/h40-41,49H,9-39H2,1-8H3,(H2,47,50)(H,48,52)(H,53,54)/t40?,41-/m0/s1. The highest BCUT2D eigenvalue weighted by Gasteiger charge is 2.25. The van der Waals surface area contributed by atoms with Gasteiger partial charge in [-0.1, -0.05) is 155 Å². The van der Waals surface area contributed by atoms with Gasteiger partial charge in [0.25, 0.3) is 0 Å². The lowest BCUT2D eigenvalue weighted by atomic mass is 10.1. The molecule has 0 bridgehead atoms. The summed E-state index contributed by atoms with van der Waals surface area (Å²) in [5.41, 5.74) is 1.51.